The number of anilines is 1. The summed E-state index contributed by atoms with van der Waals surface area (Å²) in [6.45, 7) is 9.91. The summed E-state index contributed by atoms with van der Waals surface area (Å²) < 4.78 is 27.5. The highest BCUT2D eigenvalue weighted by molar-refractivity contribution is 7.89. The van der Waals surface area contributed by atoms with Crippen molar-refractivity contribution in [3.05, 3.63) is 23.8 Å². The summed E-state index contributed by atoms with van der Waals surface area (Å²) in [4.78, 5) is 13.7. The van der Waals surface area contributed by atoms with Crippen LogP contribution in [0.15, 0.2) is 23.1 Å². The van der Waals surface area contributed by atoms with E-state index < -0.39 is 10.0 Å². The summed E-state index contributed by atoms with van der Waals surface area (Å²) in [6, 6.07) is 4.89. The van der Waals surface area contributed by atoms with Gasteiger partial charge in [0, 0.05) is 30.6 Å². The zero-order valence-electron chi connectivity index (χ0n) is 13.8. The Balaban J connectivity index is 2.46. The number of hydrogen-bond donors (Lipinski definition) is 1. The van der Waals surface area contributed by atoms with Gasteiger partial charge in [-0.15, -0.1) is 0 Å². The van der Waals surface area contributed by atoms with Gasteiger partial charge in [-0.25, -0.2) is 13.1 Å². The fourth-order valence-electron chi connectivity index (χ4n) is 2.72. The van der Waals surface area contributed by atoms with Gasteiger partial charge in [-0.2, -0.15) is 0 Å². The zero-order chi connectivity index (χ0) is 16.7. The molecule has 0 spiro atoms. The van der Waals surface area contributed by atoms with Gasteiger partial charge >= 0.3 is 0 Å². The Kier molecular flexibility index (Phi) is 4.37. The Bertz CT molecular complexity index is 695. The second kappa shape index (κ2) is 5.66. The maximum absolute atomic E-state index is 12.4. The SMILES string of the molecule is CCC(C)NS(=O)(=O)c1ccc2c(c1)C(C)(C)CN2C(C)=O. The molecule has 6 heteroatoms. The Morgan fingerprint density at radius 1 is 1.41 bits per heavy atom. The summed E-state index contributed by atoms with van der Waals surface area (Å²) in [5, 5.41) is 0. The number of carbonyl (C=O) groups is 1. The molecule has 1 aromatic carbocycles. The van der Waals surface area contributed by atoms with Gasteiger partial charge in [0.1, 0.15) is 0 Å². The third-order valence-electron chi connectivity index (χ3n) is 4.20. The monoisotopic (exact) mass is 324 g/mol. The molecule has 1 amide bonds. The second-order valence-corrected chi connectivity index (χ2v) is 8.31. The van der Waals surface area contributed by atoms with Gasteiger partial charge in [0.05, 0.1) is 4.90 Å². The highest BCUT2D eigenvalue weighted by atomic mass is 32.2. The lowest BCUT2D eigenvalue weighted by atomic mass is 9.87. The van der Waals surface area contributed by atoms with Crippen LogP contribution in [0.25, 0.3) is 0 Å². The quantitative estimate of drug-likeness (QED) is 0.925. The predicted octanol–water partition coefficient (Wildman–Crippen LogP) is 2.41. The topological polar surface area (TPSA) is 66.5 Å². The minimum Gasteiger partial charge on any atom is -0.311 e. The second-order valence-electron chi connectivity index (χ2n) is 6.60. The van der Waals surface area contributed by atoms with Crippen molar-refractivity contribution in [3.8, 4) is 0 Å². The molecule has 2 rings (SSSR count). The number of hydrogen-bond acceptors (Lipinski definition) is 3. The van der Waals surface area contributed by atoms with E-state index in [1.807, 2.05) is 27.7 Å². The van der Waals surface area contributed by atoms with Crippen molar-refractivity contribution in [1.82, 2.24) is 4.72 Å². The van der Waals surface area contributed by atoms with E-state index in [1.165, 1.54) is 6.92 Å². The number of benzene rings is 1. The van der Waals surface area contributed by atoms with E-state index in [2.05, 4.69) is 4.72 Å². The van der Waals surface area contributed by atoms with Crippen LogP contribution in [-0.4, -0.2) is 26.9 Å². The molecule has 0 aliphatic carbocycles. The summed E-state index contributed by atoms with van der Waals surface area (Å²) in [7, 11) is -3.53. The maximum Gasteiger partial charge on any atom is 0.240 e. The first-order valence-electron chi connectivity index (χ1n) is 7.53. The molecule has 122 valence electrons. The lowest BCUT2D eigenvalue weighted by Gasteiger charge is -2.19. The van der Waals surface area contributed by atoms with Crippen LogP contribution in [0, 0.1) is 0 Å². The highest BCUT2D eigenvalue weighted by Crippen LogP contribution is 2.41. The van der Waals surface area contributed by atoms with Crippen LogP contribution in [-0.2, 0) is 20.2 Å². The van der Waals surface area contributed by atoms with Crippen molar-refractivity contribution < 1.29 is 13.2 Å². The number of carbonyl (C=O) groups excluding carboxylic acids is 1. The van der Waals surface area contributed by atoms with Gasteiger partial charge in [-0.3, -0.25) is 4.79 Å². The smallest absolute Gasteiger partial charge is 0.240 e. The Morgan fingerprint density at radius 3 is 2.59 bits per heavy atom. The summed E-state index contributed by atoms with van der Waals surface area (Å²) in [5.41, 5.74) is 1.44. The third-order valence-corrected chi connectivity index (χ3v) is 5.79. The van der Waals surface area contributed by atoms with Crippen molar-refractivity contribution in [2.45, 2.75) is 57.4 Å². The number of sulfonamides is 1. The number of rotatable bonds is 4. The molecule has 0 fully saturated rings. The molecule has 22 heavy (non-hydrogen) atoms. The van der Waals surface area contributed by atoms with E-state index in [-0.39, 0.29) is 22.3 Å². The fourth-order valence-corrected chi connectivity index (χ4v) is 4.08. The van der Waals surface area contributed by atoms with E-state index in [0.717, 1.165) is 17.7 Å². The van der Waals surface area contributed by atoms with Crippen LogP contribution >= 0.6 is 0 Å². The van der Waals surface area contributed by atoms with Gasteiger partial charge in [0.15, 0.2) is 0 Å². The number of fused-ring (bicyclic) bond motifs is 1. The van der Waals surface area contributed by atoms with Crippen LogP contribution in [0.3, 0.4) is 0 Å². The van der Waals surface area contributed by atoms with E-state index in [9.17, 15) is 13.2 Å². The van der Waals surface area contributed by atoms with Crippen LogP contribution < -0.4 is 9.62 Å². The van der Waals surface area contributed by atoms with Gasteiger partial charge in [-0.1, -0.05) is 20.8 Å². The van der Waals surface area contributed by atoms with Crippen molar-refractivity contribution in [2.75, 3.05) is 11.4 Å². The molecule has 1 heterocycles. The van der Waals surface area contributed by atoms with Crippen molar-refractivity contribution in [3.63, 3.8) is 0 Å². The highest BCUT2D eigenvalue weighted by Gasteiger charge is 2.37. The van der Waals surface area contributed by atoms with Crippen molar-refractivity contribution >= 4 is 21.6 Å². The van der Waals surface area contributed by atoms with Gasteiger partial charge < -0.3 is 4.90 Å². The van der Waals surface area contributed by atoms with Crippen LogP contribution in [0.4, 0.5) is 5.69 Å². The van der Waals surface area contributed by atoms with Crippen molar-refractivity contribution in [2.24, 2.45) is 0 Å². The molecular formula is C16H24N2O3S. The number of nitrogens with zero attached hydrogens (tertiary/aromatic N) is 1. The zero-order valence-corrected chi connectivity index (χ0v) is 14.6. The lowest BCUT2D eigenvalue weighted by Crippen LogP contribution is -2.32. The van der Waals surface area contributed by atoms with Crippen molar-refractivity contribution in [1.29, 1.82) is 0 Å². The first-order chi connectivity index (χ1) is 10.1. The first-order valence-corrected chi connectivity index (χ1v) is 9.02. The van der Waals surface area contributed by atoms with E-state index in [1.54, 1.807) is 23.1 Å². The van der Waals surface area contributed by atoms with Gasteiger partial charge in [0.2, 0.25) is 15.9 Å². The number of nitrogens with one attached hydrogen (secondary N) is 1. The van der Waals surface area contributed by atoms with Crippen LogP contribution in [0.5, 0.6) is 0 Å². The molecule has 1 aliphatic rings. The number of amides is 1. The Morgan fingerprint density at radius 2 is 2.05 bits per heavy atom. The van der Waals surface area contributed by atoms with Gasteiger partial charge in [0.25, 0.3) is 0 Å². The molecule has 1 atom stereocenters. The Hall–Kier alpha value is -1.40. The molecular weight excluding hydrogens is 300 g/mol. The molecule has 0 bridgehead atoms. The first kappa shape index (κ1) is 17.0. The normalized spacial score (nSPS) is 18.1. The fraction of sp³-hybridized carbons (Fsp3) is 0.562. The molecule has 1 unspecified atom stereocenters. The molecule has 0 radical (unpaired) electrons. The lowest BCUT2D eigenvalue weighted by molar-refractivity contribution is -0.116. The molecule has 5 nitrogen and oxygen atoms in total. The van der Waals surface area contributed by atoms with Gasteiger partial charge in [-0.05, 0) is 37.1 Å². The van der Waals surface area contributed by atoms with Crippen LogP contribution in [0.1, 0.15) is 46.6 Å². The molecule has 0 saturated heterocycles. The minimum atomic E-state index is -3.53. The van der Waals surface area contributed by atoms with E-state index in [4.69, 9.17) is 0 Å². The molecule has 0 saturated carbocycles. The van der Waals surface area contributed by atoms with E-state index >= 15 is 0 Å². The minimum absolute atomic E-state index is 0.0276. The average Bonchev–Trinajstić information content (AvgIpc) is 2.70. The molecule has 1 aromatic rings. The summed E-state index contributed by atoms with van der Waals surface area (Å²) in [5.74, 6) is -0.0276. The summed E-state index contributed by atoms with van der Waals surface area (Å²) >= 11 is 0. The maximum atomic E-state index is 12.4. The standard InChI is InChI=1S/C16H24N2O3S/c1-6-11(2)17-22(20,21)13-7-8-15-14(9-13)16(4,5)10-18(15)12(3)19/h7-9,11,17H,6,10H2,1-5H3. The molecule has 1 N–H and O–H groups in total. The van der Waals surface area contributed by atoms with E-state index in [0.29, 0.717) is 6.54 Å². The predicted molar refractivity (Wildman–Crippen MR) is 87.6 cm³/mol. The molecule has 1 aliphatic heterocycles. The average molecular weight is 324 g/mol. The largest absolute Gasteiger partial charge is 0.311 e. The van der Waals surface area contributed by atoms with Crippen LogP contribution in [0.2, 0.25) is 0 Å². The molecule has 0 aromatic heterocycles. The Labute approximate surface area is 132 Å². The third kappa shape index (κ3) is 3.03. The summed E-state index contributed by atoms with van der Waals surface area (Å²) in [6.07, 6.45) is 0.730.